The molecule has 70 valence electrons. The summed E-state index contributed by atoms with van der Waals surface area (Å²) in [6.45, 7) is 0. The number of hydrogen-bond acceptors (Lipinski definition) is 3. The highest BCUT2D eigenvalue weighted by Gasteiger charge is 2.10. The lowest BCUT2D eigenvalue weighted by molar-refractivity contribution is 0.112. The van der Waals surface area contributed by atoms with Gasteiger partial charge in [-0.1, -0.05) is 18.2 Å². The van der Waals surface area contributed by atoms with Gasteiger partial charge >= 0.3 is 0 Å². The van der Waals surface area contributed by atoms with E-state index in [2.05, 4.69) is 4.98 Å². The van der Waals surface area contributed by atoms with E-state index in [-0.39, 0.29) is 5.75 Å². The third-order valence-electron chi connectivity index (χ3n) is 1.98. The first-order valence-corrected chi connectivity index (χ1v) is 5.04. The second-order valence-corrected chi connectivity index (χ2v) is 3.82. The molecular weight excluding hydrogens is 293 g/mol. The van der Waals surface area contributed by atoms with Gasteiger partial charge in [0, 0.05) is 5.39 Å². The Morgan fingerprint density at radius 2 is 2.07 bits per heavy atom. The number of pyridine rings is 1. The maximum absolute atomic E-state index is 10.8. The van der Waals surface area contributed by atoms with Crippen molar-refractivity contribution >= 4 is 39.8 Å². The molecule has 1 heterocycles. The molecular formula is C10H6INO2. The van der Waals surface area contributed by atoms with E-state index < -0.39 is 0 Å². The normalized spacial score (nSPS) is 10.4. The molecule has 14 heavy (non-hydrogen) atoms. The second kappa shape index (κ2) is 3.53. The summed E-state index contributed by atoms with van der Waals surface area (Å²) in [7, 11) is 0. The Kier molecular flexibility index (Phi) is 2.37. The lowest BCUT2D eigenvalue weighted by Crippen LogP contribution is -1.91. The fourth-order valence-electron chi connectivity index (χ4n) is 1.32. The van der Waals surface area contributed by atoms with Gasteiger partial charge in [0.1, 0.15) is 3.70 Å². The number of carbonyl (C=O) groups excluding carboxylic acids is 1. The minimum atomic E-state index is -0.0423. The van der Waals surface area contributed by atoms with Crippen molar-refractivity contribution in [3.05, 3.63) is 33.5 Å². The third kappa shape index (κ3) is 1.35. The van der Waals surface area contributed by atoms with Crippen molar-refractivity contribution < 1.29 is 9.90 Å². The van der Waals surface area contributed by atoms with Gasteiger partial charge in [0.15, 0.2) is 12.0 Å². The fourth-order valence-corrected chi connectivity index (χ4v) is 1.87. The van der Waals surface area contributed by atoms with Gasteiger partial charge in [-0.25, -0.2) is 4.98 Å². The van der Waals surface area contributed by atoms with Crippen LogP contribution in [0.15, 0.2) is 24.3 Å². The van der Waals surface area contributed by atoms with Crippen LogP contribution in [0.3, 0.4) is 0 Å². The zero-order chi connectivity index (χ0) is 10.1. The Balaban J connectivity index is 2.96. The van der Waals surface area contributed by atoms with Crippen LogP contribution in [-0.4, -0.2) is 16.4 Å². The van der Waals surface area contributed by atoms with E-state index in [4.69, 9.17) is 0 Å². The van der Waals surface area contributed by atoms with E-state index in [0.29, 0.717) is 20.9 Å². The van der Waals surface area contributed by atoms with Crippen LogP contribution in [0.5, 0.6) is 5.75 Å². The maximum atomic E-state index is 10.8. The van der Waals surface area contributed by atoms with Crippen LogP contribution in [-0.2, 0) is 0 Å². The third-order valence-corrected chi connectivity index (χ3v) is 2.73. The second-order valence-electron chi connectivity index (χ2n) is 2.80. The topological polar surface area (TPSA) is 50.2 Å². The number of hydrogen-bond donors (Lipinski definition) is 1. The Morgan fingerprint density at radius 1 is 1.36 bits per heavy atom. The molecule has 0 atom stereocenters. The average Bonchev–Trinajstić information content (AvgIpc) is 2.20. The molecule has 0 aliphatic heterocycles. The van der Waals surface area contributed by atoms with Crippen LogP contribution in [0, 0.1) is 3.70 Å². The predicted octanol–water partition coefficient (Wildman–Crippen LogP) is 2.36. The number of aromatic nitrogens is 1. The van der Waals surface area contributed by atoms with E-state index in [9.17, 15) is 9.90 Å². The number of para-hydroxylation sites is 1. The van der Waals surface area contributed by atoms with Gasteiger partial charge in [-0.05, 0) is 28.7 Å². The number of rotatable bonds is 1. The van der Waals surface area contributed by atoms with Gasteiger partial charge in [0.05, 0.1) is 11.1 Å². The Bertz CT molecular complexity index is 511. The molecule has 0 bridgehead atoms. The molecule has 0 radical (unpaired) electrons. The van der Waals surface area contributed by atoms with Crippen LogP contribution in [0.2, 0.25) is 0 Å². The van der Waals surface area contributed by atoms with Crippen molar-refractivity contribution in [1.82, 2.24) is 4.98 Å². The molecule has 0 spiro atoms. The summed E-state index contributed by atoms with van der Waals surface area (Å²) in [4.78, 5) is 15.0. The van der Waals surface area contributed by atoms with Crippen molar-refractivity contribution in [3.63, 3.8) is 0 Å². The summed E-state index contributed by atoms with van der Waals surface area (Å²) >= 11 is 1.90. The molecule has 0 amide bonds. The van der Waals surface area contributed by atoms with Crippen LogP contribution < -0.4 is 0 Å². The number of nitrogens with zero attached hydrogens (tertiary/aromatic N) is 1. The standard InChI is InChI=1S/C10H6INO2/c11-10-9(14)7(5-13)6-3-1-2-4-8(6)12-10/h1-5,14H. The van der Waals surface area contributed by atoms with Gasteiger partial charge in [0.2, 0.25) is 0 Å². The highest BCUT2D eigenvalue weighted by atomic mass is 127. The zero-order valence-corrected chi connectivity index (χ0v) is 9.22. The largest absolute Gasteiger partial charge is 0.505 e. The molecule has 0 aliphatic rings. The van der Waals surface area contributed by atoms with Gasteiger partial charge in [-0.2, -0.15) is 0 Å². The van der Waals surface area contributed by atoms with Crippen LogP contribution >= 0.6 is 22.6 Å². The molecule has 1 aromatic carbocycles. The van der Waals surface area contributed by atoms with Gasteiger partial charge < -0.3 is 5.11 Å². The molecule has 2 rings (SSSR count). The first-order chi connectivity index (χ1) is 6.74. The molecule has 4 heteroatoms. The van der Waals surface area contributed by atoms with Crippen molar-refractivity contribution in [1.29, 1.82) is 0 Å². The monoisotopic (exact) mass is 299 g/mol. The number of aromatic hydroxyl groups is 1. The predicted molar refractivity (Wildman–Crippen MR) is 61.5 cm³/mol. The molecule has 0 saturated heterocycles. The highest BCUT2D eigenvalue weighted by molar-refractivity contribution is 14.1. The minimum absolute atomic E-state index is 0.0423. The maximum Gasteiger partial charge on any atom is 0.158 e. The number of carbonyl (C=O) groups is 1. The van der Waals surface area contributed by atoms with Gasteiger partial charge in [0.25, 0.3) is 0 Å². The molecule has 0 saturated carbocycles. The number of aldehydes is 1. The number of benzene rings is 1. The molecule has 0 aliphatic carbocycles. The fraction of sp³-hybridized carbons (Fsp3) is 0. The lowest BCUT2D eigenvalue weighted by atomic mass is 10.1. The SMILES string of the molecule is O=Cc1c(O)c(I)nc2ccccc12. The molecule has 1 aromatic heterocycles. The van der Waals surface area contributed by atoms with Gasteiger partial charge in [-0.3, -0.25) is 4.79 Å². The van der Waals surface area contributed by atoms with Crippen molar-refractivity contribution in [3.8, 4) is 5.75 Å². The summed E-state index contributed by atoms with van der Waals surface area (Å²) in [6.07, 6.45) is 0.654. The van der Waals surface area contributed by atoms with Crippen molar-refractivity contribution in [2.24, 2.45) is 0 Å². The van der Waals surface area contributed by atoms with E-state index in [1.54, 1.807) is 6.07 Å². The minimum Gasteiger partial charge on any atom is -0.505 e. The number of fused-ring (bicyclic) bond motifs is 1. The summed E-state index contributed by atoms with van der Waals surface area (Å²) in [5.41, 5.74) is 1.02. The van der Waals surface area contributed by atoms with E-state index >= 15 is 0 Å². The van der Waals surface area contributed by atoms with E-state index in [0.717, 1.165) is 5.52 Å². The van der Waals surface area contributed by atoms with E-state index in [1.807, 2.05) is 40.8 Å². The molecule has 0 fully saturated rings. The highest BCUT2D eigenvalue weighted by Crippen LogP contribution is 2.27. The summed E-state index contributed by atoms with van der Waals surface area (Å²) < 4.78 is 0.448. The van der Waals surface area contributed by atoms with E-state index in [1.165, 1.54) is 0 Å². The molecule has 2 aromatic rings. The molecule has 0 unspecified atom stereocenters. The summed E-state index contributed by atoms with van der Waals surface area (Å²) in [6, 6.07) is 7.23. The summed E-state index contributed by atoms with van der Waals surface area (Å²) in [5.74, 6) is -0.0423. The van der Waals surface area contributed by atoms with Gasteiger partial charge in [-0.15, -0.1) is 0 Å². The zero-order valence-electron chi connectivity index (χ0n) is 7.07. The number of halogens is 1. The molecule has 3 nitrogen and oxygen atoms in total. The first kappa shape index (κ1) is 9.39. The van der Waals surface area contributed by atoms with Crippen molar-refractivity contribution in [2.45, 2.75) is 0 Å². The van der Waals surface area contributed by atoms with Crippen LogP contribution in [0.25, 0.3) is 10.9 Å². The van der Waals surface area contributed by atoms with Crippen LogP contribution in [0.1, 0.15) is 10.4 Å². The average molecular weight is 299 g/mol. The Hall–Kier alpha value is -1.17. The van der Waals surface area contributed by atoms with Crippen LogP contribution in [0.4, 0.5) is 0 Å². The smallest absolute Gasteiger partial charge is 0.158 e. The quantitative estimate of drug-likeness (QED) is 0.499. The Labute approximate surface area is 93.9 Å². The lowest BCUT2D eigenvalue weighted by Gasteiger charge is -2.04. The van der Waals surface area contributed by atoms with Crippen molar-refractivity contribution in [2.75, 3.05) is 0 Å². The molecule has 1 N–H and O–H groups in total. The summed E-state index contributed by atoms with van der Waals surface area (Å²) in [5, 5.41) is 10.3. The first-order valence-electron chi connectivity index (χ1n) is 3.96. The Morgan fingerprint density at radius 3 is 2.79 bits per heavy atom.